The van der Waals surface area contributed by atoms with Gasteiger partial charge in [0.1, 0.15) is 0 Å². The van der Waals surface area contributed by atoms with Crippen LogP contribution in [0.15, 0.2) is 18.2 Å². The summed E-state index contributed by atoms with van der Waals surface area (Å²) in [6, 6.07) is 7.21. The standard InChI is InChI=1S/C25H42O2/c1-5-6-7-8-23-14-13-22(17-20(23)2)10-9-21-11-15-24(16-12-21)25(18-26-3)19-27-4/h13-14,17,21,24-25H,5-12,15-16,18-19H2,1-4H3. The molecule has 1 saturated carbocycles. The zero-order valence-electron chi connectivity index (χ0n) is 18.3. The Labute approximate surface area is 168 Å². The van der Waals surface area contributed by atoms with Crippen molar-refractivity contribution < 1.29 is 9.47 Å². The molecular weight excluding hydrogens is 332 g/mol. The summed E-state index contributed by atoms with van der Waals surface area (Å²) >= 11 is 0. The van der Waals surface area contributed by atoms with Crippen LogP contribution < -0.4 is 0 Å². The van der Waals surface area contributed by atoms with E-state index >= 15 is 0 Å². The van der Waals surface area contributed by atoms with Gasteiger partial charge in [0.25, 0.3) is 0 Å². The summed E-state index contributed by atoms with van der Waals surface area (Å²) in [5, 5.41) is 0. The molecule has 1 aliphatic rings. The molecule has 1 aliphatic carbocycles. The van der Waals surface area contributed by atoms with Crippen LogP contribution in [0.3, 0.4) is 0 Å². The molecule has 2 heteroatoms. The third kappa shape index (κ3) is 7.58. The van der Waals surface area contributed by atoms with Gasteiger partial charge >= 0.3 is 0 Å². The third-order valence-corrected chi connectivity index (χ3v) is 6.62. The Balaban J connectivity index is 1.75. The van der Waals surface area contributed by atoms with E-state index < -0.39 is 0 Å². The van der Waals surface area contributed by atoms with Gasteiger partial charge in [-0.05, 0) is 74.0 Å². The minimum atomic E-state index is 0.573. The van der Waals surface area contributed by atoms with Crippen molar-refractivity contribution in [3.63, 3.8) is 0 Å². The van der Waals surface area contributed by atoms with Gasteiger partial charge in [-0.2, -0.15) is 0 Å². The Morgan fingerprint density at radius 3 is 2.26 bits per heavy atom. The summed E-state index contributed by atoms with van der Waals surface area (Å²) in [6.45, 7) is 6.25. The topological polar surface area (TPSA) is 18.5 Å². The van der Waals surface area contributed by atoms with E-state index in [9.17, 15) is 0 Å². The average Bonchev–Trinajstić information content (AvgIpc) is 2.68. The van der Waals surface area contributed by atoms with Crippen LogP contribution in [0.1, 0.15) is 75.0 Å². The van der Waals surface area contributed by atoms with Gasteiger partial charge < -0.3 is 9.47 Å². The lowest BCUT2D eigenvalue weighted by atomic mass is 9.74. The van der Waals surface area contributed by atoms with Crippen LogP contribution in [0.2, 0.25) is 0 Å². The van der Waals surface area contributed by atoms with Crippen molar-refractivity contribution in [1.82, 2.24) is 0 Å². The molecule has 0 bridgehead atoms. The number of rotatable bonds is 12. The molecule has 2 nitrogen and oxygen atoms in total. The summed E-state index contributed by atoms with van der Waals surface area (Å²) in [5.41, 5.74) is 4.58. The second-order valence-electron chi connectivity index (χ2n) is 8.71. The van der Waals surface area contributed by atoms with E-state index in [1.807, 2.05) is 14.2 Å². The first-order chi connectivity index (χ1) is 13.2. The lowest BCUT2D eigenvalue weighted by molar-refractivity contribution is 0.0372. The molecule has 1 fully saturated rings. The summed E-state index contributed by atoms with van der Waals surface area (Å²) in [7, 11) is 3.62. The summed E-state index contributed by atoms with van der Waals surface area (Å²) in [5.74, 6) is 2.26. The smallest absolute Gasteiger partial charge is 0.0515 e. The second-order valence-corrected chi connectivity index (χ2v) is 8.71. The first-order valence-electron chi connectivity index (χ1n) is 11.2. The van der Waals surface area contributed by atoms with E-state index in [2.05, 4.69) is 32.0 Å². The maximum atomic E-state index is 5.41. The highest BCUT2D eigenvalue weighted by Crippen LogP contribution is 2.36. The molecule has 0 N–H and O–H groups in total. The highest BCUT2D eigenvalue weighted by Gasteiger charge is 2.27. The van der Waals surface area contributed by atoms with Crippen LogP contribution in [0.4, 0.5) is 0 Å². The molecule has 0 unspecified atom stereocenters. The van der Waals surface area contributed by atoms with E-state index in [1.54, 1.807) is 5.56 Å². The van der Waals surface area contributed by atoms with Crippen molar-refractivity contribution in [3.05, 3.63) is 34.9 Å². The number of methoxy groups -OCH3 is 2. The van der Waals surface area contributed by atoms with Crippen molar-refractivity contribution in [2.45, 2.75) is 78.1 Å². The van der Waals surface area contributed by atoms with E-state index in [-0.39, 0.29) is 0 Å². The summed E-state index contributed by atoms with van der Waals surface area (Å²) in [4.78, 5) is 0. The number of hydrogen-bond acceptors (Lipinski definition) is 2. The summed E-state index contributed by atoms with van der Waals surface area (Å²) in [6.07, 6.45) is 13.3. The fourth-order valence-corrected chi connectivity index (χ4v) is 4.83. The molecule has 0 atom stereocenters. The zero-order valence-corrected chi connectivity index (χ0v) is 18.3. The molecule has 0 aliphatic heterocycles. The van der Waals surface area contributed by atoms with Crippen molar-refractivity contribution in [3.8, 4) is 0 Å². The van der Waals surface area contributed by atoms with Crippen LogP contribution in [0.5, 0.6) is 0 Å². The van der Waals surface area contributed by atoms with E-state index in [0.717, 1.165) is 25.0 Å². The van der Waals surface area contributed by atoms with E-state index in [4.69, 9.17) is 9.47 Å². The van der Waals surface area contributed by atoms with Crippen molar-refractivity contribution in [1.29, 1.82) is 0 Å². The van der Waals surface area contributed by atoms with Crippen LogP contribution in [-0.4, -0.2) is 27.4 Å². The molecule has 154 valence electrons. The number of unbranched alkanes of at least 4 members (excludes halogenated alkanes) is 2. The molecule has 27 heavy (non-hydrogen) atoms. The highest BCUT2D eigenvalue weighted by molar-refractivity contribution is 5.31. The molecule has 0 radical (unpaired) electrons. The molecule has 2 rings (SSSR count). The minimum absolute atomic E-state index is 0.573. The van der Waals surface area contributed by atoms with Gasteiger partial charge in [0.15, 0.2) is 0 Å². The average molecular weight is 375 g/mol. The number of benzene rings is 1. The monoisotopic (exact) mass is 374 g/mol. The van der Waals surface area contributed by atoms with Crippen molar-refractivity contribution in [2.75, 3.05) is 27.4 Å². The Kier molecular flexibility index (Phi) is 10.4. The maximum absolute atomic E-state index is 5.41. The number of ether oxygens (including phenoxy) is 2. The van der Waals surface area contributed by atoms with Gasteiger partial charge in [0.2, 0.25) is 0 Å². The fourth-order valence-electron chi connectivity index (χ4n) is 4.83. The second kappa shape index (κ2) is 12.6. The molecular formula is C25H42O2. The SMILES string of the molecule is CCCCCc1ccc(CCC2CCC(C(COC)COC)CC2)cc1C. The van der Waals surface area contributed by atoms with E-state index in [1.165, 1.54) is 75.3 Å². The normalized spacial score (nSPS) is 20.3. The molecule has 0 amide bonds. The van der Waals surface area contributed by atoms with Gasteiger partial charge in [-0.1, -0.05) is 50.8 Å². The number of aryl methyl sites for hydroxylation is 3. The Bertz CT molecular complexity index is 511. The largest absolute Gasteiger partial charge is 0.384 e. The lowest BCUT2D eigenvalue weighted by Gasteiger charge is -2.33. The van der Waals surface area contributed by atoms with Crippen LogP contribution in [0.25, 0.3) is 0 Å². The Morgan fingerprint density at radius 2 is 1.67 bits per heavy atom. The van der Waals surface area contributed by atoms with Gasteiger partial charge in [0, 0.05) is 20.1 Å². The quantitative estimate of drug-likeness (QED) is 0.395. The Hall–Kier alpha value is -0.860. The number of hydrogen-bond donors (Lipinski definition) is 0. The first-order valence-corrected chi connectivity index (χ1v) is 11.2. The van der Waals surface area contributed by atoms with E-state index in [0.29, 0.717) is 5.92 Å². The van der Waals surface area contributed by atoms with Gasteiger partial charge in [-0.3, -0.25) is 0 Å². The van der Waals surface area contributed by atoms with Crippen LogP contribution in [-0.2, 0) is 22.3 Å². The van der Waals surface area contributed by atoms with Gasteiger partial charge in [-0.25, -0.2) is 0 Å². The van der Waals surface area contributed by atoms with Crippen molar-refractivity contribution in [2.24, 2.45) is 17.8 Å². The Morgan fingerprint density at radius 1 is 0.963 bits per heavy atom. The first kappa shape index (κ1) is 22.4. The van der Waals surface area contributed by atoms with Crippen LogP contribution >= 0.6 is 0 Å². The minimum Gasteiger partial charge on any atom is -0.384 e. The molecule has 1 aromatic rings. The molecule has 0 saturated heterocycles. The molecule has 0 heterocycles. The highest BCUT2D eigenvalue weighted by atomic mass is 16.5. The predicted molar refractivity (Wildman–Crippen MR) is 115 cm³/mol. The molecule has 0 spiro atoms. The third-order valence-electron chi connectivity index (χ3n) is 6.62. The molecule has 1 aromatic carbocycles. The predicted octanol–water partition coefficient (Wildman–Crippen LogP) is 6.38. The zero-order chi connectivity index (χ0) is 19.5. The van der Waals surface area contributed by atoms with Gasteiger partial charge in [-0.15, -0.1) is 0 Å². The van der Waals surface area contributed by atoms with Gasteiger partial charge in [0.05, 0.1) is 13.2 Å². The fraction of sp³-hybridized carbons (Fsp3) is 0.760. The molecule has 0 aromatic heterocycles. The van der Waals surface area contributed by atoms with Crippen molar-refractivity contribution >= 4 is 0 Å². The van der Waals surface area contributed by atoms with Crippen LogP contribution in [0, 0.1) is 24.7 Å². The maximum Gasteiger partial charge on any atom is 0.0515 e. The lowest BCUT2D eigenvalue weighted by Crippen LogP contribution is -2.28. The summed E-state index contributed by atoms with van der Waals surface area (Å²) < 4.78 is 10.8.